The average Bonchev–Trinajstić information content (AvgIpc) is 3.14. The van der Waals surface area contributed by atoms with Crippen molar-refractivity contribution in [2.24, 2.45) is 0 Å². The number of amides is 1. The minimum absolute atomic E-state index is 0.134. The monoisotopic (exact) mass is 362 g/mol. The Labute approximate surface area is 163 Å². The van der Waals surface area contributed by atoms with Gasteiger partial charge in [-0.3, -0.25) is 9.78 Å². The molecule has 1 heterocycles. The van der Waals surface area contributed by atoms with Crippen LogP contribution >= 0.6 is 0 Å². The van der Waals surface area contributed by atoms with Crippen molar-refractivity contribution < 1.29 is 4.79 Å². The van der Waals surface area contributed by atoms with E-state index in [-0.39, 0.29) is 5.91 Å². The fourth-order valence-electron chi connectivity index (χ4n) is 3.92. The number of benzene rings is 3. The number of aromatic nitrogens is 1. The molecule has 4 aromatic rings. The summed E-state index contributed by atoms with van der Waals surface area (Å²) in [7, 11) is 0. The van der Waals surface area contributed by atoms with Crippen molar-refractivity contribution >= 4 is 11.6 Å². The van der Waals surface area contributed by atoms with Gasteiger partial charge in [-0.05, 0) is 52.4 Å². The molecule has 1 amide bonds. The summed E-state index contributed by atoms with van der Waals surface area (Å²) >= 11 is 0. The first-order chi connectivity index (χ1) is 13.8. The van der Waals surface area contributed by atoms with Crippen molar-refractivity contribution in [3.8, 4) is 22.3 Å². The lowest BCUT2D eigenvalue weighted by molar-refractivity contribution is 0.102. The van der Waals surface area contributed by atoms with Gasteiger partial charge in [0.05, 0.1) is 11.9 Å². The van der Waals surface area contributed by atoms with Gasteiger partial charge in [0.2, 0.25) is 0 Å². The molecule has 0 atom stereocenters. The highest BCUT2D eigenvalue weighted by molar-refractivity contribution is 6.06. The fourth-order valence-corrected chi connectivity index (χ4v) is 3.92. The van der Waals surface area contributed by atoms with E-state index in [4.69, 9.17) is 0 Å². The van der Waals surface area contributed by atoms with Crippen LogP contribution in [0.1, 0.15) is 21.5 Å². The van der Waals surface area contributed by atoms with E-state index in [1.165, 1.54) is 22.3 Å². The van der Waals surface area contributed by atoms with E-state index < -0.39 is 0 Å². The molecule has 0 saturated carbocycles. The van der Waals surface area contributed by atoms with Crippen LogP contribution in [-0.2, 0) is 6.42 Å². The Balaban J connectivity index is 1.57. The van der Waals surface area contributed by atoms with Crippen LogP contribution < -0.4 is 5.32 Å². The lowest BCUT2D eigenvalue weighted by Crippen LogP contribution is -2.12. The molecule has 0 aliphatic heterocycles. The number of nitrogens with one attached hydrogen (secondary N) is 1. The van der Waals surface area contributed by atoms with E-state index in [0.717, 1.165) is 23.2 Å². The molecule has 134 valence electrons. The first-order valence-corrected chi connectivity index (χ1v) is 9.32. The maximum absolute atomic E-state index is 12.7. The van der Waals surface area contributed by atoms with Gasteiger partial charge in [0.25, 0.3) is 5.91 Å². The molecule has 0 bridgehead atoms. The van der Waals surface area contributed by atoms with E-state index in [1.807, 2.05) is 36.4 Å². The number of fused-ring (bicyclic) bond motifs is 3. The average molecular weight is 362 g/mol. The Morgan fingerprint density at radius 2 is 1.46 bits per heavy atom. The number of pyridine rings is 1. The predicted octanol–water partition coefficient (Wildman–Crippen LogP) is 5.57. The third-order valence-corrected chi connectivity index (χ3v) is 5.25. The van der Waals surface area contributed by atoms with Crippen molar-refractivity contribution in [3.63, 3.8) is 0 Å². The Morgan fingerprint density at radius 1 is 0.750 bits per heavy atom. The highest BCUT2D eigenvalue weighted by Crippen LogP contribution is 2.42. The molecule has 0 spiro atoms. The fraction of sp³-hybridized carbons (Fsp3) is 0.0400. The van der Waals surface area contributed by atoms with E-state index in [2.05, 4.69) is 52.8 Å². The van der Waals surface area contributed by atoms with Crippen LogP contribution in [0.25, 0.3) is 22.3 Å². The second kappa shape index (κ2) is 6.78. The number of carbonyl (C=O) groups excluding carboxylic acids is 1. The first kappa shape index (κ1) is 16.5. The van der Waals surface area contributed by atoms with Gasteiger partial charge in [-0.1, -0.05) is 60.7 Å². The molecule has 0 saturated heterocycles. The van der Waals surface area contributed by atoms with Crippen LogP contribution in [0.4, 0.5) is 5.69 Å². The zero-order valence-electron chi connectivity index (χ0n) is 15.2. The van der Waals surface area contributed by atoms with Gasteiger partial charge < -0.3 is 5.32 Å². The lowest BCUT2D eigenvalue weighted by Gasteiger charge is -2.14. The highest BCUT2D eigenvalue weighted by Gasteiger charge is 2.22. The molecule has 1 aromatic heterocycles. The van der Waals surface area contributed by atoms with E-state index in [0.29, 0.717) is 5.56 Å². The molecule has 0 unspecified atom stereocenters. The van der Waals surface area contributed by atoms with Crippen LogP contribution in [0.15, 0.2) is 91.3 Å². The second-order valence-electron chi connectivity index (χ2n) is 6.91. The number of carbonyl (C=O) groups is 1. The molecule has 1 N–H and O–H groups in total. The summed E-state index contributed by atoms with van der Waals surface area (Å²) in [6, 6.07) is 26.1. The Kier molecular flexibility index (Phi) is 3.99. The second-order valence-corrected chi connectivity index (χ2v) is 6.91. The van der Waals surface area contributed by atoms with E-state index >= 15 is 0 Å². The molecule has 0 fully saturated rings. The number of nitrogens with zero attached hydrogens (tertiary/aromatic N) is 1. The summed E-state index contributed by atoms with van der Waals surface area (Å²) in [5.74, 6) is -0.134. The predicted molar refractivity (Wildman–Crippen MR) is 112 cm³/mol. The van der Waals surface area contributed by atoms with Crippen molar-refractivity contribution in [1.82, 2.24) is 4.98 Å². The molecular weight excluding hydrogens is 344 g/mol. The molecule has 28 heavy (non-hydrogen) atoms. The molecule has 5 rings (SSSR count). The Hall–Kier alpha value is -3.72. The van der Waals surface area contributed by atoms with Crippen LogP contribution in [0.5, 0.6) is 0 Å². The first-order valence-electron chi connectivity index (χ1n) is 9.32. The summed E-state index contributed by atoms with van der Waals surface area (Å²) in [5, 5.41) is 3.04. The lowest BCUT2D eigenvalue weighted by atomic mass is 9.95. The quantitative estimate of drug-likeness (QED) is 0.456. The maximum Gasteiger partial charge on any atom is 0.255 e. The van der Waals surface area contributed by atoms with Gasteiger partial charge >= 0.3 is 0 Å². The standard InChI is InChI=1S/C25H18N2O/c28-25(17-7-2-1-3-8-17)27-24-16-26-14-13-22(24)21-12-6-11-20-19-10-5-4-9-18(19)15-23(20)21/h1-14,16H,15H2,(H,27,28). The van der Waals surface area contributed by atoms with Crippen molar-refractivity contribution in [2.75, 3.05) is 5.32 Å². The van der Waals surface area contributed by atoms with Gasteiger partial charge in [0.1, 0.15) is 0 Å². The summed E-state index contributed by atoms with van der Waals surface area (Å²) in [5.41, 5.74) is 8.68. The minimum Gasteiger partial charge on any atom is -0.320 e. The number of anilines is 1. The SMILES string of the molecule is O=C(Nc1cnccc1-c1cccc2c1Cc1ccccc1-2)c1ccccc1. The summed E-state index contributed by atoms with van der Waals surface area (Å²) in [4.78, 5) is 16.9. The maximum atomic E-state index is 12.7. The molecular formula is C25H18N2O. The van der Waals surface area contributed by atoms with Gasteiger partial charge in [0, 0.05) is 17.3 Å². The van der Waals surface area contributed by atoms with Crippen molar-refractivity contribution in [2.45, 2.75) is 6.42 Å². The van der Waals surface area contributed by atoms with Gasteiger partial charge in [-0.2, -0.15) is 0 Å². The largest absolute Gasteiger partial charge is 0.320 e. The van der Waals surface area contributed by atoms with Gasteiger partial charge in [0.15, 0.2) is 0 Å². The number of rotatable bonds is 3. The Morgan fingerprint density at radius 3 is 2.32 bits per heavy atom. The molecule has 3 nitrogen and oxygen atoms in total. The molecule has 1 aliphatic carbocycles. The third kappa shape index (κ3) is 2.78. The number of hydrogen-bond acceptors (Lipinski definition) is 2. The third-order valence-electron chi connectivity index (χ3n) is 5.25. The minimum atomic E-state index is -0.134. The zero-order valence-corrected chi connectivity index (χ0v) is 15.2. The molecule has 3 aromatic carbocycles. The zero-order chi connectivity index (χ0) is 18.9. The van der Waals surface area contributed by atoms with Gasteiger partial charge in [-0.25, -0.2) is 0 Å². The topological polar surface area (TPSA) is 42.0 Å². The molecule has 1 aliphatic rings. The number of hydrogen-bond donors (Lipinski definition) is 1. The van der Waals surface area contributed by atoms with E-state index in [9.17, 15) is 4.79 Å². The normalized spacial score (nSPS) is 11.6. The van der Waals surface area contributed by atoms with Crippen LogP contribution in [0.2, 0.25) is 0 Å². The molecule has 0 radical (unpaired) electrons. The van der Waals surface area contributed by atoms with Crippen LogP contribution in [-0.4, -0.2) is 10.9 Å². The summed E-state index contributed by atoms with van der Waals surface area (Å²) < 4.78 is 0. The Bertz CT molecular complexity index is 1180. The summed E-state index contributed by atoms with van der Waals surface area (Å²) in [6.45, 7) is 0. The van der Waals surface area contributed by atoms with Gasteiger partial charge in [-0.15, -0.1) is 0 Å². The van der Waals surface area contributed by atoms with Crippen molar-refractivity contribution in [1.29, 1.82) is 0 Å². The highest BCUT2D eigenvalue weighted by atomic mass is 16.1. The smallest absolute Gasteiger partial charge is 0.255 e. The molecule has 3 heteroatoms. The van der Waals surface area contributed by atoms with E-state index in [1.54, 1.807) is 12.4 Å². The van der Waals surface area contributed by atoms with Crippen LogP contribution in [0, 0.1) is 0 Å². The summed E-state index contributed by atoms with van der Waals surface area (Å²) in [6.07, 6.45) is 4.39. The van der Waals surface area contributed by atoms with Crippen LogP contribution in [0.3, 0.4) is 0 Å². The van der Waals surface area contributed by atoms with Crippen molar-refractivity contribution in [3.05, 3.63) is 108 Å².